The Bertz CT molecular complexity index is 921. The van der Waals surface area contributed by atoms with E-state index in [1.807, 2.05) is 26.8 Å². The molecule has 3 aliphatic rings. The van der Waals surface area contributed by atoms with Gasteiger partial charge in [-0.05, 0) is 39.7 Å². The standard InChI is InChI=1S/C21H29N7O2/c1-21(2,3)30-20(29)28-11-15(12-28)14-9-27(10-14)19-22-7-6-17(24-19)23-18-8-16(25-26-18)13-4-5-13/h6-8,13-15H,4-5,9-12H2,1-3H3,(H2,22,23,24,25,26). The van der Waals surface area contributed by atoms with Crippen molar-refractivity contribution in [2.24, 2.45) is 11.8 Å². The maximum Gasteiger partial charge on any atom is 0.410 e. The number of carbonyl (C=O) groups excluding carboxylic acids is 1. The van der Waals surface area contributed by atoms with Crippen LogP contribution in [-0.4, -0.2) is 62.9 Å². The Balaban J connectivity index is 1.11. The van der Waals surface area contributed by atoms with E-state index in [9.17, 15) is 4.79 Å². The number of hydrogen-bond donors (Lipinski definition) is 2. The van der Waals surface area contributed by atoms with Crippen molar-refractivity contribution in [2.75, 3.05) is 36.4 Å². The van der Waals surface area contributed by atoms with Gasteiger partial charge < -0.3 is 19.9 Å². The molecule has 3 fully saturated rings. The number of aromatic nitrogens is 4. The summed E-state index contributed by atoms with van der Waals surface area (Å²) < 4.78 is 5.43. The highest BCUT2D eigenvalue weighted by molar-refractivity contribution is 5.69. The number of aromatic amines is 1. The summed E-state index contributed by atoms with van der Waals surface area (Å²) in [5.74, 6) is 4.01. The summed E-state index contributed by atoms with van der Waals surface area (Å²) in [4.78, 5) is 25.1. The first-order chi connectivity index (χ1) is 14.3. The number of ether oxygens (including phenoxy) is 1. The lowest BCUT2D eigenvalue weighted by Crippen LogP contribution is -2.61. The topological polar surface area (TPSA) is 99.3 Å². The van der Waals surface area contributed by atoms with Gasteiger partial charge in [0.05, 0.1) is 0 Å². The normalized spacial score (nSPS) is 20.0. The third-order valence-electron chi connectivity index (χ3n) is 5.93. The number of likely N-dealkylation sites (tertiary alicyclic amines) is 1. The summed E-state index contributed by atoms with van der Waals surface area (Å²) in [6.45, 7) is 9.08. The van der Waals surface area contributed by atoms with E-state index in [0.29, 0.717) is 17.8 Å². The predicted octanol–water partition coefficient (Wildman–Crippen LogP) is 3.12. The lowest BCUT2D eigenvalue weighted by atomic mass is 9.81. The van der Waals surface area contributed by atoms with Crippen LogP contribution in [0, 0.1) is 11.8 Å². The molecule has 2 aromatic heterocycles. The minimum Gasteiger partial charge on any atom is -0.444 e. The quantitative estimate of drug-likeness (QED) is 0.780. The zero-order valence-electron chi connectivity index (χ0n) is 17.8. The molecule has 2 saturated heterocycles. The molecule has 0 unspecified atom stereocenters. The van der Waals surface area contributed by atoms with Gasteiger partial charge in [-0.25, -0.2) is 9.78 Å². The maximum absolute atomic E-state index is 12.1. The number of rotatable bonds is 5. The Labute approximate surface area is 176 Å². The van der Waals surface area contributed by atoms with Gasteiger partial charge >= 0.3 is 6.09 Å². The first kappa shape index (κ1) is 19.1. The number of carbonyl (C=O) groups is 1. The minimum absolute atomic E-state index is 0.208. The van der Waals surface area contributed by atoms with E-state index in [-0.39, 0.29) is 6.09 Å². The van der Waals surface area contributed by atoms with E-state index in [1.54, 1.807) is 11.1 Å². The van der Waals surface area contributed by atoms with Crippen molar-refractivity contribution >= 4 is 23.7 Å². The fourth-order valence-electron chi connectivity index (χ4n) is 3.97. The van der Waals surface area contributed by atoms with Gasteiger partial charge in [0.15, 0.2) is 5.82 Å². The third kappa shape index (κ3) is 4.06. The van der Waals surface area contributed by atoms with Gasteiger partial charge in [0.25, 0.3) is 0 Å². The molecule has 2 aliphatic heterocycles. The van der Waals surface area contributed by atoms with Crippen molar-refractivity contribution in [3.8, 4) is 0 Å². The van der Waals surface area contributed by atoms with Gasteiger partial charge in [0.2, 0.25) is 5.95 Å². The summed E-state index contributed by atoms with van der Waals surface area (Å²) in [5, 5.41) is 10.7. The molecule has 0 spiro atoms. The second-order valence-corrected chi connectivity index (χ2v) is 9.66. The minimum atomic E-state index is -0.443. The van der Waals surface area contributed by atoms with Gasteiger partial charge in [-0.3, -0.25) is 5.10 Å². The Morgan fingerprint density at radius 1 is 1.17 bits per heavy atom. The predicted molar refractivity (Wildman–Crippen MR) is 113 cm³/mol. The Kier molecular flexibility index (Phi) is 4.56. The number of H-pyrrole nitrogens is 1. The number of hydrogen-bond acceptors (Lipinski definition) is 7. The second kappa shape index (κ2) is 7.14. The van der Waals surface area contributed by atoms with Crippen molar-refractivity contribution in [1.29, 1.82) is 0 Å². The molecule has 2 N–H and O–H groups in total. The second-order valence-electron chi connectivity index (χ2n) is 9.66. The summed E-state index contributed by atoms with van der Waals surface area (Å²) in [6, 6.07) is 3.92. The van der Waals surface area contributed by atoms with Crippen LogP contribution in [0.4, 0.5) is 22.4 Å². The zero-order valence-corrected chi connectivity index (χ0v) is 17.8. The number of nitrogens with one attached hydrogen (secondary N) is 2. The molecule has 1 amide bonds. The largest absolute Gasteiger partial charge is 0.444 e. The lowest BCUT2D eigenvalue weighted by Gasteiger charge is -2.50. The number of anilines is 3. The molecular weight excluding hydrogens is 382 g/mol. The van der Waals surface area contributed by atoms with Crippen molar-refractivity contribution in [1.82, 2.24) is 25.1 Å². The fourth-order valence-corrected chi connectivity index (χ4v) is 3.97. The fraction of sp³-hybridized carbons (Fsp3) is 0.619. The van der Waals surface area contributed by atoms with Crippen LogP contribution in [-0.2, 0) is 4.74 Å². The molecule has 1 saturated carbocycles. The highest BCUT2D eigenvalue weighted by atomic mass is 16.6. The van der Waals surface area contributed by atoms with Crippen molar-refractivity contribution in [3.63, 3.8) is 0 Å². The average Bonchev–Trinajstić information content (AvgIpc) is 3.34. The van der Waals surface area contributed by atoms with Crippen LogP contribution < -0.4 is 10.2 Å². The molecular formula is C21H29N7O2. The summed E-state index contributed by atoms with van der Waals surface area (Å²) in [6.07, 6.45) is 4.05. The molecule has 1 aliphatic carbocycles. The first-order valence-electron chi connectivity index (χ1n) is 10.7. The van der Waals surface area contributed by atoms with Gasteiger partial charge in [0, 0.05) is 61.9 Å². The molecule has 4 heterocycles. The smallest absolute Gasteiger partial charge is 0.410 e. The summed E-state index contributed by atoms with van der Waals surface area (Å²) in [5.41, 5.74) is 0.750. The number of amides is 1. The van der Waals surface area contributed by atoms with E-state index >= 15 is 0 Å². The zero-order chi connectivity index (χ0) is 20.9. The van der Waals surface area contributed by atoms with E-state index in [1.165, 1.54) is 18.5 Å². The van der Waals surface area contributed by atoms with Crippen LogP contribution >= 0.6 is 0 Å². The van der Waals surface area contributed by atoms with Crippen LogP contribution in [0.25, 0.3) is 0 Å². The Morgan fingerprint density at radius 2 is 1.90 bits per heavy atom. The molecule has 9 heteroatoms. The Hall–Kier alpha value is -2.84. The molecule has 0 aromatic carbocycles. The van der Waals surface area contributed by atoms with E-state index < -0.39 is 5.60 Å². The van der Waals surface area contributed by atoms with Crippen LogP contribution in [0.2, 0.25) is 0 Å². The molecule has 160 valence electrons. The summed E-state index contributed by atoms with van der Waals surface area (Å²) >= 11 is 0. The lowest BCUT2D eigenvalue weighted by molar-refractivity contribution is -0.0136. The molecule has 5 rings (SSSR count). The number of nitrogens with zero attached hydrogens (tertiary/aromatic N) is 5. The van der Waals surface area contributed by atoms with Crippen LogP contribution in [0.1, 0.15) is 45.2 Å². The van der Waals surface area contributed by atoms with Crippen molar-refractivity contribution in [2.45, 2.75) is 45.1 Å². The van der Waals surface area contributed by atoms with E-state index in [0.717, 1.165) is 43.8 Å². The van der Waals surface area contributed by atoms with Crippen LogP contribution in [0.5, 0.6) is 0 Å². The molecule has 0 radical (unpaired) electrons. The third-order valence-corrected chi connectivity index (χ3v) is 5.93. The highest BCUT2D eigenvalue weighted by Crippen LogP contribution is 2.39. The van der Waals surface area contributed by atoms with E-state index in [2.05, 4.69) is 36.4 Å². The van der Waals surface area contributed by atoms with E-state index in [4.69, 9.17) is 4.74 Å². The first-order valence-corrected chi connectivity index (χ1v) is 10.7. The van der Waals surface area contributed by atoms with Gasteiger partial charge in [-0.1, -0.05) is 0 Å². The molecule has 30 heavy (non-hydrogen) atoms. The average molecular weight is 412 g/mol. The highest BCUT2D eigenvalue weighted by Gasteiger charge is 2.43. The molecule has 9 nitrogen and oxygen atoms in total. The maximum atomic E-state index is 12.1. The van der Waals surface area contributed by atoms with Crippen molar-refractivity contribution in [3.05, 3.63) is 24.0 Å². The van der Waals surface area contributed by atoms with Gasteiger partial charge in [0.1, 0.15) is 11.4 Å². The SMILES string of the molecule is CC(C)(C)OC(=O)N1CC(C2CN(c3nccc(Nc4cc(C5CC5)[nH]n4)n3)C2)C1. The summed E-state index contributed by atoms with van der Waals surface area (Å²) in [7, 11) is 0. The molecule has 0 atom stereocenters. The van der Waals surface area contributed by atoms with Crippen LogP contribution in [0.15, 0.2) is 18.3 Å². The molecule has 0 bridgehead atoms. The monoisotopic (exact) mass is 411 g/mol. The van der Waals surface area contributed by atoms with Crippen molar-refractivity contribution < 1.29 is 9.53 Å². The Morgan fingerprint density at radius 3 is 2.60 bits per heavy atom. The van der Waals surface area contributed by atoms with Crippen LogP contribution in [0.3, 0.4) is 0 Å². The van der Waals surface area contributed by atoms with Gasteiger partial charge in [-0.15, -0.1) is 0 Å². The van der Waals surface area contributed by atoms with Gasteiger partial charge in [-0.2, -0.15) is 10.1 Å². The molecule has 2 aromatic rings.